The van der Waals surface area contributed by atoms with Gasteiger partial charge in [0.05, 0.1) is 0 Å². The van der Waals surface area contributed by atoms with Gasteiger partial charge in [-0.3, -0.25) is 0 Å². The topological polar surface area (TPSA) is 6.48 Å². The van der Waals surface area contributed by atoms with Crippen LogP contribution in [0.15, 0.2) is 0 Å². The van der Waals surface area contributed by atoms with Gasteiger partial charge in [0.2, 0.25) is 0 Å². The van der Waals surface area contributed by atoms with Crippen LogP contribution in [0.25, 0.3) is 0 Å². The Morgan fingerprint density at radius 2 is 0.905 bits per heavy atom. The van der Waals surface area contributed by atoms with Crippen molar-refractivity contribution < 1.29 is 0 Å². The maximum absolute atomic E-state index is 2.60. The average Bonchev–Trinajstić information content (AvgIpc) is 2.54. The third-order valence-corrected chi connectivity index (χ3v) is 22.3. The van der Waals surface area contributed by atoms with E-state index in [1.165, 1.54) is 52.1 Å². The van der Waals surface area contributed by atoms with E-state index in [1.54, 1.807) is 17.7 Å². The van der Waals surface area contributed by atoms with Crippen LogP contribution in [-0.2, 0) is 0 Å². The van der Waals surface area contributed by atoms with Crippen LogP contribution in [0.3, 0.4) is 0 Å². The quantitative estimate of drug-likeness (QED) is 0.378. The van der Waals surface area contributed by atoms with E-state index in [9.17, 15) is 0 Å². The molecule has 0 aliphatic heterocycles. The van der Waals surface area contributed by atoms with Crippen molar-refractivity contribution in [3.05, 3.63) is 0 Å². The second-order valence-electron chi connectivity index (χ2n) is 6.47. The van der Waals surface area contributed by atoms with Crippen LogP contribution in [0.4, 0.5) is 0 Å². The van der Waals surface area contributed by atoms with Gasteiger partial charge in [0.25, 0.3) is 0 Å². The normalized spacial score (nSPS) is 12.6. The van der Waals surface area contributed by atoms with Crippen LogP contribution in [0.5, 0.6) is 0 Å². The summed E-state index contributed by atoms with van der Waals surface area (Å²) in [5, 5.41) is 0. The molecule has 0 amide bonds. The van der Waals surface area contributed by atoms with Gasteiger partial charge in [-0.15, -0.1) is 0 Å². The summed E-state index contributed by atoms with van der Waals surface area (Å²) < 4.78 is 6.36. The average molecular weight is 405 g/mol. The van der Waals surface area contributed by atoms with Crippen molar-refractivity contribution in [2.75, 3.05) is 39.3 Å². The van der Waals surface area contributed by atoms with Crippen molar-refractivity contribution in [1.29, 1.82) is 0 Å². The van der Waals surface area contributed by atoms with E-state index >= 15 is 0 Å². The van der Waals surface area contributed by atoms with E-state index in [0.29, 0.717) is 0 Å². The predicted octanol–water partition coefficient (Wildman–Crippen LogP) is 4.94. The monoisotopic (exact) mass is 406 g/mol. The van der Waals surface area contributed by atoms with Crippen LogP contribution in [0.1, 0.15) is 54.4 Å². The van der Waals surface area contributed by atoms with Gasteiger partial charge in [0.1, 0.15) is 0 Å². The van der Waals surface area contributed by atoms with Crippen molar-refractivity contribution in [2.24, 2.45) is 0 Å². The molecule has 0 aromatic heterocycles. The molecule has 21 heavy (non-hydrogen) atoms. The molecule has 0 spiro atoms. The number of rotatable bonds is 14. The fourth-order valence-electron chi connectivity index (χ4n) is 3.52. The molecule has 0 saturated heterocycles. The molecule has 3 heteroatoms. The van der Waals surface area contributed by atoms with Crippen LogP contribution in [0, 0.1) is 0 Å². The zero-order chi connectivity index (χ0) is 16.1. The van der Waals surface area contributed by atoms with Gasteiger partial charge in [-0.05, 0) is 0 Å². The molecule has 0 heterocycles. The van der Waals surface area contributed by atoms with Crippen molar-refractivity contribution >= 4 is 18.4 Å². The molecule has 0 bridgehead atoms. The molecule has 0 radical (unpaired) electrons. The Balaban J connectivity index is 4.22. The molecule has 0 aliphatic carbocycles. The summed E-state index contributed by atoms with van der Waals surface area (Å²) in [6.07, 6.45) is 2.93. The molecular weight excluding hydrogens is 363 g/mol. The fourth-order valence-corrected chi connectivity index (χ4v) is 14.9. The Kier molecular flexibility index (Phi) is 13.6. The summed E-state index contributed by atoms with van der Waals surface area (Å²) in [5.74, 6) is 0. The predicted molar refractivity (Wildman–Crippen MR) is 101 cm³/mol. The molecule has 0 saturated carbocycles. The molecule has 0 aliphatic rings. The van der Waals surface area contributed by atoms with E-state index in [4.69, 9.17) is 0 Å². The Morgan fingerprint density at radius 3 is 1.14 bits per heavy atom. The number of hydrogen-bond acceptors (Lipinski definition) is 2. The van der Waals surface area contributed by atoms with Gasteiger partial charge in [-0.1, -0.05) is 0 Å². The van der Waals surface area contributed by atoms with Crippen LogP contribution < -0.4 is 0 Å². The van der Waals surface area contributed by atoms with Gasteiger partial charge in [0, 0.05) is 0 Å². The summed E-state index contributed by atoms with van der Waals surface area (Å²) in [6, 6.07) is 0. The summed E-state index contributed by atoms with van der Waals surface area (Å²) in [6.45, 7) is 21.7. The first-order valence-corrected chi connectivity index (χ1v) is 17.6. The Labute approximate surface area is 139 Å². The third-order valence-electron chi connectivity index (χ3n) is 5.65. The first kappa shape index (κ1) is 21.7. The SMILES string of the molecule is CCN(CC)CC[CH2][Sn]([CH2]C)([CH2]C)[CH2]CCN(CC)CC. The second-order valence-corrected chi connectivity index (χ2v) is 21.9. The van der Waals surface area contributed by atoms with E-state index in [1.807, 2.05) is 0 Å². The van der Waals surface area contributed by atoms with Gasteiger partial charge in [-0.2, -0.15) is 0 Å². The zero-order valence-electron chi connectivity index (χ0n) is 15.9. The molecule has 0 aromatic carbocycles. The van der Waals surface area contributed by atoms with Crippen LogP contribution in [-0.4, -0.2) is 67.4 Å². The van der Waals surface area contributed by atoms with Crippen molar-refractivity contribution in [2.45, 2.75) is 72.1 Å². The summed E-state index contributed by atoms with van der Waals surface area (Å²) in [4.78, 5) is 5.19. The minimum absolute atomic E-state index is 1.22. The van der Waals surface area contributed by atoms with Crippen molar-refractivity contribution in [1.82, 2.24) is 9.80 Å². The molecule has 0 aromatic rings. The molecule has 0 N–H and O–H groups in total. The van der Waals surface area contributed by atoms with Crippen LogP contribution >= 0.6 is 0 Å². The second kappa shape index (κ2) is 13.2. The Bertz CT molecular complexity index is 201. The van der Waals surface area contributed by atoms with Gasteiger partial charge >= 0.3 is 140 Å². The molecule has 0 fully saturated rings. The first-order valence-electron chi connectivity index (χ1n) is 9.55. The minimum atomic E-state index is -1.79. The van der Waals surface area contributed by atoms with Gasteiger partial charge in [0.15, 0.2) is 0 Å². The van der Waals surface area contributed by atoms with Crippen LogP contribution in [0.2, 0.25) is 17.7 Å². The summed E-state index contributed by atoms with van der Waals surface area (Å²) >= 11 is -1.79. The molecular formula is C18H42N2Sn. The molecule has 2 nitrogen and oxygen atoms in total. The first-order chi connectivity index (χ1) is 10.1. The Hall–Kier alpha value is 0.719. The van der Waals surface area contributed by atoms with E-state index in [2.05, 4.69) is 51.3 Å². The fraction of sp³-hybridized carbons (Fsp3) is 1.00. The molecule has 0 rings (SSSR count). The van der Waals surface area contributed by atoms with Gasteiger partial charge < -0.3 is 0 Å². The standard InChI is InChI=1S/2C7H16N.2C2H5.Sn/c2*1-4-7-8(5-2)6-3;2*1-2;/h2*1,4-7H2,2-3H3;2*1H2,2H3;. The summed E-state index contributed by atoms with van der Waals surface area (Å²) in [7, 11) is 0. The third kappa shape index (κ3) is 8.80. The number of nitrogens with zero attached hydrogens (tertiary/aromatic N) is 2. The van der Waals surface area contributed by atoms with Crippen molar-refractivity contribution in [3.8, 4) is 0 Å². The maximum atomic E-state index is 2.60. The summed E-state index contributed by atoms with van der Waals surface area (Å²) in [5.41, 5.74) is 0. The van der Waals surface area contributed by atoms with E-state index < -0.39 is 18.4 Å². The molecule has 128 valence electrons. The number of hydrogen-bond donors (Lipinski definition) is 0. The Morgan fingerprint density at radius 1 is 0.571 bits per heavy atom. The zero-order valence-corrected chi connectivity index (χ0v) is 18.7. The van der Waals surface area contributed by atoms with Crippen molar-refractivity contribution in [3.63, 3.8) is 0 Å². The molecule has 0 unspecified atom stereocenters. The van der Waals surface area contributed by atoms with E-state index in [-0.39, 0.29) is 0 Å². The van der Waals surface area contributed by atoms with E-state index in [0.717, 1.165) is 0 Å². The molecule has 0 atom stereocenters. The van der Waals surface area contributed by atoms with Gasteiger partial charge in [-0.25, -0.2) is 0 Å².